The van der Waals surface area contributed by atoms with Gasteiger partial charge >= 0.3 is 0 Å². The highest BCUT2D eigenvalue weighted by atomic mass is 32.2. The minimum Gasteiger partial charge on any atom is -0.378 e. The maximum absolute atomic E-state index is 14.4. The van der Waals surface area contributed by atoms with Crippen LogP contribution in [0.25, 0.3) is 0 Å². The van der Waals surface area contributed by atoms with Gasteiger partial charge in [0.1, 0.15) is 12.4 Å². The van der Waals surface area contributed by atoms with E-state index in [0.29, 0.717) is 0 Å². The third-order valence-electron chi connectivity index (χ3n) is 3.05. The zero-order valence-electron chi connectivity index (χ0n) is 13.4. The number of benzene rings is 1. The molecule has 1 rings (SSSR count). The number of alkyl halides is 2. The molecule has 0 fully saturated rings. The molecule has 0 aliphatic carbocycles. The van der Waals surface area contributed by atoms with Crippen LogP contribution in [0.2, 0.25) is 0 Å². The van der Waals surface area contributed by atoms with E-state index in [1.807, 2.05) is 0 Å². The first-order valence-electron chi connectivity index (χ1n) is 6.84. The fourth-order valence-corrected chi connectivity index (χ4v) is 2.63. The predicted molar refractivity (Wildman–Crippen MR) is 81.6 cm³/mol. The second kappa shape index (κ2) is 7.10. The van der Waals surface area contributed by atoms with Crippen molar-refractivity contribution in [2.24, 2.45) is 0 Å². The molecule has 0 radical (unpaired) electrons. The van der Waals surface area contributed by atoms with Crippen molar-refractivity contribution in [2.75, 3.05) is 13.7 Å². The van der Waals surface area contributed by atoms with Crippen LogP contribution in [0.4, 0.5) is 13.2 Å². The van der Waals surface area contributed by atoms with E-state index in [4.69, 9.17) is 0 Å². The summed E-state index contributed by atoms with van der Waals surface area (Å²) < 4.78 is 60.9. The Labute approximate surface area is 131 Å². The average Bonchev–Trinajstić information content (AvgIpc) is 2.37. The molecule has 0 heterocycles. The average molecular weight is 337 g/mol. The van der Waals surface area contributed by atoms with Crippen LogP contribution in [-0.2, 0) is 21.6 Å². The molecule has 3 nitrogen and oxygen atoms in total. The van der Waals surface area contributed by atoms with Crippen LogP contribution in [0.1, 0.15) is 44.9 Å². The Kier molecular flexibility index (Phi) is 6.18. The standard InChI is InChI=1S/C15H22F3NO2S/c1-10(19-22(20)14(2,3)4)11-7-6-8-12(13(11)16)15(17,18)9-21-5/h6-8,10,19H,9H2,1-5H3. The molecule has 126 valence electrons. The summed E-state index contributed by atoms with van der Waals surface area (Å²) in [5.41, 5.74) is -0.673. The first-order chi connectivity index (χ1) is 10.0. The van der Waals surface area contributed by atoms with Crippen LogP contribution < -0.4 is 4.72 Å². The Morgan fingerprint density at radius 2 is 1.91 bits per heavy atom. The van der Waals surface area contributed by atoms with Crippen LogP contribution in [0, 0.1) is 5.82 Å². The molecule has 1 aromatic carbocycles. The van der Waals surface area contributed by atoms with Crippen molar-refractivity contribution in [1.82, 2.24) is 4.72 Å². The van der Waals surface area contributed by atoms with E-state index < -0.39 is 45.7 Å². The monoisotopic (exact) mass is 337 g/mol. The van der Waals surface area contributed by atoms with Crippen LogP contribution in [0.5, 0.6) is 0 Å². The molecule has 0 aliphatic rings. The number of hydrogen-bond acceptors (Lipinski definition) is 2. The summed E-state index contributed by atoms with van der Waals surface area (Å²) in [6.45, 7) is 5.98. The Morgan fingerprint density at radius 3 is 2.41 bits per heavy atom. The number of nitrogens with one attached hydrogen (secondary N) is 1. The molecule has 0 aliphatic heterocycles. The van der Waals surface area contributed by atoms with Crippen molar-refractivity contribution >= 4 is 11.0 Å². The van der Waals surface area contributed by atoms with E-state index in [-0.39, 0.29) is 5.56 Å². The number of hydrogen-bond donors (Lipinski definition) is 1. The quantitative estimate of drug-likeness (QED) is 0.860. The van der Waals surface area contributed by atoms with Gasteiger partial charge in [0, 0.05) is 18.7 Å². The summed E-state index contributed by atoms with van der Waals surface area (Å²) in [5.74, 6) is -4.42. The van der Waals surface area contributed by atoms with Crippen LogP contribution in [0.3, 0.4) is 0 Å². The van der Waals surface area contributed by atoms with Gasteiger partial charge in [-0.25, -0.2) is 13.3 Å². The first kappa shape index (κ1) is 19.1. The molecule has 7 heteroatoms. The van der Waals surface area contributed by atoms with Crippen molar-refractivity contribution < 1.29 is 22.1 Å². The lowest BCUT2D eigenvalue weighted by Crippen LogP contribution is -2.35. The summed E-state index contributed by atoms with van der Waals surface area (Å²) in [4.78, 5) is 0. The number of rotatable bonds is 6. The zero-order valence-corrected chi connectivity index (χ0v) is 14.2. The molecule has 0 bridgehead atoms. The molecule has 1 aromatic rings. The normalized spacial score (nSPS) is 15.6. The third kappa shape index (κ3) is 4.54. The van der Waals surface area contributed by atoms with Gasteiger partial charge in [0.25, 0.3) is 5.92 Å². The Bertz CT molecular complexity index is 544. The van der Waals surface area contributed by atoms with Gasteiger partial charge in [-0.15, -0.1) is 0 Å². The molecule has 2 unspecified atom stereocenters. The molecule has 0 spiro atoms. The van der Waals surface area contributed by atoms with Gasteiger partial charge in [0.15, 0.2) is 0 Å². The Balaban J connectivity index is 3.09. The lowest BCUT2D eigenvalue weighted by atomic mass is 10.0. The molecule has 22 heavy (non-hydrogen) atoms. The second-order valence-electron chi connectivity index (χ2n) is 6.07. The van der Waals surface area contributed by atoms with Gasteiger partial charge in [0.2, 0.25) is 0 Å². The highest BCUT2D eigenvalue weighted by Gasteiger charge is 2.36. The van der Waals surface area contributed by atoms with Crippen molar-refractivity contribution in [3.05, 3.63) is 35.1 Å². The third-order valence-corrected chi connectivity index (χ3v) is 4.73. The van der Waals surface area contributed by atoms with Crippen LogP contribution in [-0.4, -0.2) is 22.7 Å². The molecule has 0 saturated heterocycles. The van der Waals surface area contributed by atoms with Crippen molar-refractivity contribution in [3.63, 3.8) is 0 Å². The topological polar surface area (TPSA) is 38.3 Å². The van der Waals surface area contributed by atoms with E-state index in [1.165, 1.54) is 12.1 Å². The molecule has 0 amide bonds. The van der Waals surface area contributed by atoms with E-state index in [1.54, 1.807) is 27.7 Å². The Hall–Kier alpha value is -0.920. The molecule has 1 N–H and O–H groups in total. The van der Waals surface area contributed by atoms with E-state index in [0.717, 1.165) is 13.2 Å². The SMILES string of the molecule is COCC(F)(F)c1cccc(C(C)NS(=O)C(C)(C)C)c1F. The van der Waals surface area contributed by atoms with Gasteiger partial charge < -0.3 is 4.74 Å². The summed E-state index contributed by atoms with van der Waals surface area (Å²) in [5, 5.41) is 0. The largest absolute Gasteiger partial charge is 0.378 e. The summed E-state index contributed by atoms with van der Waals surface area (Å²) in [6.07, 6.45) is 0. The van der Waals surface area contributed by atoms with Crippen LogP contribution in [0.15, 0.2) is 18.2 Å². The lowest BCUT2D eigenvalue weighted by molar-refractivity contribution is -0.0722. The minimum atomic E-state index is -3.42. The zero-order chi connectivity index (χ0) is 17.1. The number of methoxy groups -OCH3 is 1. The van der Waals surface area contributed by atoms with E-state index in [9.17, 15) is 17.4 Å². The van der Waals surface area contributed by atoms with Gasteiger partial charge in [-0.2, -0.15) is 8.78 Å². The van der Waals surface area contributed by atoms with Gasteiger partial charge in [0.05, 0.1) is 21.3 Å². The number of halogens is 3. The molecule has 2 atom stereocenters. The van der Waals surface area contributed by atoms with Crippen molar-refractivity contribution in [2.45, 2.75) is 44.4 Å². The number of ether oxygens (including phenoxy) is 1. The maximum Gasteiger partial charge on any atom is 0.298 e. The first-order valence-corrected chi connectivity index (χ1v) is 7.99. The van der Waals surface area contributed by atoms with Crippen molar-refractivity contribution in [1.29, 1.82) is 0 Å². The molecular weight excluding hydrogens is 315 g/mol. The lowest BCUT2D eigenvalue weighted by Gasteiger charge is -2.24. The predicted octanol–water partition coefficient (Wildman–Crippen LogP) is 3.68. The van der Waals surface area contributed by atoms with Gasteiger partial charge in [-0.1, -0.05) is 12.1 Å². The Morgan fingerprint density at radius 1 is 1.32 bits per heavy atom. The minimum absolute atomic E-state index is 0.0471. The maximum atomic E-state index is 14.4. The summed E-state index contributed by atoms with van der Waals surface area (Å²) in [6, 6.07) is 3.12. The molecule has 0 aromatic heterocycles. The molecular formula is C15H22F3NO2S. The highest BCUT2D eigenvalue weighted by molar-refractivity contribution is 7.84. The van der Waals surface area contributed by atoms with E-state index >= 15 is 0 Å². The van der Waals surface area contributed by atoms with Gasteiger partial charge in [-0.3, -0.25) is 0 Å². The van der Waals surface area contributed by atoms with Crippen LogP contribution >= 0.6 is 0 Å². The highest BCUT2D eigenvalue weighted by Crippen LogP contribution is 2.33. The second-order valence-corrected chi connectivity index (χ2v) is 8.06. The smallest absolute Gasteiger partial charge is 0.298 e. The summed E-state index contributed by atoms with van der Waals surface area (Å²) >= 11 is 0. The van der Waals surface area contributed by atoms with Gasteiger partial charge in [-0.05, 0) is 33.8 Å². The fourth-order valence-electron chi connectivity index (χ4n) is 1.83. The fraction of sp³-hybridized carbons (Fsp3) is 0.600. The molecule has 0 saturated carbocycles. The summed E-state index contributed by atoms with van der Waals surface area (Å²) in [7, 11) is -0.305. The van der Waals surface area contributed by atoms with E-state index in [2.05, 4.69) is 9.46 Å². The van der Waals surface area contributed by atoms with Crippen molar-refractivity contribution in [3.8, 4) is 0 Å².